The van der Waals surface area contributed by atoms with Gasteiger partial charge in [0, 0.05) is 13.6 Å². The number of hydrogen-bond acceptors (Lipinski definition) is 2. The van der Waals surface area contributed by atoms with Crippen LogP contribution in [0.2, 0.25) is 0 Å². The van der Waals surface area contributed by atoms with Crippen molar-refractivity contribution in [3.63, 3.8) is 0 Å². The molecule has 0 radical (unpaired) electrons. The number of carbonyl (C=O) groups is 2. The van der Waals surface area contributed by atoms with Crippen LogP contribution in [-0.4, -0.2) is 30.7 Å². The zero-order valence-electron chi connectivity index (χ0n) is 11.6. The molecule has 0 saturated carbocycles. The molecule has 0 heterocycles. The van der Waals surface area contributed by atoms with Gasteiger partial charge in [0.05, 0.1) is 0 Å². The highest BCUT2D eigenvalue weighted by Crippen LogP contribution is 2.19. The van der Waals surface area contributed by atoms with Gasteiger partial charge >= 0.3 is 0 Å². The van der Waals surface area contributed by atoms with Crippen LogP contribution in [0.1, 0.15) is 36.5 Å². The molecule has 3 nitrogen and oxygen atoms in total. The molecule has 0 atom stereocenters. The Bertz CT molecular complexity index is 438. The zero-order chi connectivity index (χ0) is 13.7. The molecule has 0 spiro atoms. The van der Waals surface area contributed by atoms with Gasteiger partial charge < -0.3 is 4.90 Å². The number of rotatable bonds is 5. The molecule has 98 valence electrons. The molecule has 0 aliphatic carbocycles. The van der Waals surface area contributed by atoms with Crippen LogP contribution in [0.4, 0.5) is 0 Å². The fourth-order valence-corrected chi connectivity index (χ4v) is 1.81. The minimum absolute atomic E-state index is 0.359. The summed E-state index contributed by atoms with van der Waals surface area (Å²) in [5.74, 6) is 0.0337. The predicted octanol–water partition coefficient (Wildman–Crippen LogP) is 2.32. The van der Waals surface area contributed by atoms with Crippen molar-refractivity contribution in [1.82, 2.24) is 4.90 Å². The van der Waals surface area contributed by atoms with E-state index >= 15 is 0 Å². The van der Waals surface area contributed by atoms with Crippen molar-refractivity contribution >= 4 is 12.2 Å². The Morgan fingerprint density at radius 2 is 2.06 bits per heavy atom. The van der Waals surface area contributed by atoms with Gasteiger partial charge in [-0.25, -0.2) is 0 Å². The third-order valence-electron chi connectivity index (χ3n) is 3.23. The molecule has 18 heavy (non-hydrogen) atoms. The summed E-state index contributed by atoms with van der Waals surface area (Å²) in [5.41, 5.74) is 3.78. The Balaban J connectivity index is 2.75. The molecular formula is C15H21NO2. The van der Waals surface area contributed by atoms with Crippen LogP contribution in [0.25, 0.3) is 0 Å². The maximum Gasteiger partial charge on any atom is 0.286 e. The predicted molar refractivity (Wildman–Crippen MR) is 72.7 cm³/mol. The lowest BCUT2D eigenvalue weighted by Gasteiger charge is -2.16. The number of aldehydes is 1. The van der Waals surface area contributed by atoms with E-state index in [0.29, 0.717) is 18.7 Å². The lowest BCUT2D eigenvalue weighted by molar-refractivity contribution is -0.137. The fourth-order valence-electron chi connectivity index (χ4n) is 1.81. The third-order valence-corrected chi connectivity index (χ3v) is 3.23. The fraction of sp³-hybridized carbons (Fsp3) is 0.467. The first-order valence-corrected chi connectivity index (χ1v) is 6.25. The Morgan fingerprint density at radius 3 is 2.61 bits per heavy atom. The van der Waals surface area contributed by atoms with Crippen LogP contribution in [0.15, 0.2) is 18.2 Å². The van der Waals surface area contributed by atoms with Crippen molar-refractivity contribution in [3.8, 4) is 0 Å². The minimum Gasteiger partial charge on any atom is -0.339 e. The number of benzene rings is 1. The highest BCUT2D eigenvalue weighted by Gasteiger charge is 2.08. The first kappa shape index (κ1) is 14.4. The second-order valence-electron chi connectivity index (χ2n) is 4.97. The molecule has 0 fully saturated rings. The average Bonchev–Trinajstić information content (AvgIpc) is 2.36. The maximum atomic E-state index is 11.2. The summed E-state index contributed by atoms with van der Waals surface area (Å²) in [7, 11) is 1.65. The first-order chi connectivity index (χ1) is 8.45. The molecule has 0 saturated heterocycles. The molecule has 0 aromatic heterocycles. The molecular weight excluding hydrogens is 226 g/mol. The van der Waals surface area contributed by atoms with Crippen LogP contribution >= 0.6 is 0 Å². The van der Waals surface area contributed by atoms with Gasteiger partial charge in [0.1, 0.15) is 0 Å². The van der Waals surface area contributed by atoms with Gasteiger partial charge in [-0.2, -0.15) is 0 Å². The number of likely N-dealkylation sites (N-methyl/N-ethyl adjacent to an activating group) is 1. The van der Waals surface area contributed by atoms with Gasteiger partial charge in [-0.05, 0) is 36.0 Å². The lowest BCUT2D eigenvalue weighted by atomic mass is 9.96. The van der Waals surface area contributed by atoms with E-state index in [-0.39, 0.29) is 0 Å². The summed E-state index contributed by atoms with van der Waals surface area (Å²) < 4.78 is 0. The molecule has 1 amide bonds. The smallest absolute Gasteiger partial charge is 0.286 e. The number of carbonyl (C=O) groups excluding carboxylic acids is 2. The quantitative estimate of drug-likeness (QED) is 0.591. The highest BCUT2D eigenvalue weighted by atomic mass is 16.2. The number of aryl methyl sites for hydroxylation is 1. The second kappa shape index (κ2) is 6.34. The molecule has 0 unspecified atom stereocenters. The molecule has 0 aliphatic rings. The maximum absolute atomic E-state index is 11.2. The topological polar surface area (TPSA) is 37.4 Å². The summed E-state index contributed by atoms with van der Waals surface area (Å²) in [6.07, 6.45) is 1.14. The Morgan fingerprint density at radius 1 is 1.39 bits per heavy atom. The molecule has 0 bridgehead atoms. The van der Waals surface area contributed by atoms with E-state index in [4.69, 9.17) is 0 Å². The number of amides is 1. The van der Waals surface area contributed by atoms with Gasteiger partial charge in [-0.15, -0.1) is 0 Å². The largest absolute Gasteiger partial charge is 0.339 e. The molecule has 1 aromatic rings. The Labute approximate surface area is 109 Å². The van der Waals surface area contributed by atoms with Crippen LogP contribution in [-0.2, 0) is 16.0 Å². The van der Waals surface area contributed by atoms with Gasteiger partial charge in [0.15, 0.2) is 0 Å². The zero-order valence-corrected chi connectivity index (χ0v) is 11.6. The summed E-state index contributed by atoms with van der Waals surface area (Å²) >= 11 is 0. The first-order valence-electron chi connectivity index (χ1n) is 6.25. The molecule has 3 heteroatoms. The van der Waals surface area contributed by atoms with Crippen LogP contribution in [0.5, 0.6) is 0 Å². The van der Waals surface area contributed by atoms with Crippen LogP contribution in [0.3, 0.4) is 0 Å². The van der Waals surface area contributed by atoms with Gasteiger partial charge in [-0.1, -0.05) is 32.0 Å². The van der Waals surface area contributed by atoms with E-state index in [0.717, 1.165) is 6.42 Å². The monoisotopic (exact) mass is 247 g/mol. The molecule has 1 aromatic carbocycles. The SMILES string of the molecule is Cc1ccc(C(C)C)cc1CCN(C)C(=O)C=O. The summed E-state index contributed by atoms with van der Waals surface area (Å²) in [4.78, 5) is 23.0. The van der Waals surface area contributed by atoms with Crippen molar-refractivity contribution in [1.29, 1.82) is 0 Å². The van der Waals surface area contributed by atoms with Crippen molar-refractivity contribution in [2.45, 2.75) is 33.1 Å². The van der Waals surface area contributed by atoms with Crippen LogP contribution < -0.4 is 0 Å². The van der Waals surface area contributed by atoms with Crippen molar-refractivity contribution in [3.05, 3.63) is 34.9 Å². The van der Waals surface area contributed by atoms with Crippen molar-refractivity contribution in [2.24, 2.45) is 0 Å². The van der Waals surface area contributed by atoms with E-state index in [1.165, 1.54) is 21.6 Å². The lowest BCUT2D eigenvalue weighted by Crippen LogP contribution is -2.29. The normalized spacial score (nSPS) is 10.5. The highest BCUT2D eigenvalue weighted by molar-refractivity contribution is 6.23. The molecule has 0 N–H and O–H groups in total. The van der Waals surface area contributed by atoms with Gasteiger partial charge in [0.2, 0.25) is 6.29 Å². The van der Waals surface area contributed by atoms with E-state index in [1.54, 1.807) is 7.05 Å². The van der Waals surface area contributed by atoms with E-state index in [1.807, 2.05) is 0 Å². The van der Waals surface area contributed by atoms with E-state index < -0.39 is 5.91 Å². The summed E-state index contributed by atoms with van der Waals surface area (Å²) in [6, 6.07) is 6.45. The standard InChI is InChI=1S/C15H21NO2/c1-11(2)13-6-5-12(3)14(9-13)7-8-16(4)15(18)10-17/h5-6,9-11H,7-8H2,1-4H3. The number of nitrogens with zero attached hydrogens (tertiary/aromatic N) is 1. The average molecular weight is 247 g/mol. The van der Waals surface area contributed by atoms with Crippen molar-refractivity contribution in [2.75, 3.05) is 13.6 Å². The van der Waals surface area contributed by atoms with E-state index in [2.05, 4.69) is 39.0 Å². The van der Waals surface area contributed by atoms with E-state index in [9.17, 15) is 9.59 Å². The second-order valence-corrected chi connectivity index (χ2v) is 4.97. The summed E-state index contributed by atoms with van der Waals surface area (Å²) in [6.45, 7) is 6.97. The molecule has 0 aliphatic heterocycles. The van der Waals surface area contributed by atoms with Crippen LogP contribution in [0, 0.1) is 6.92 Å². The summed E-state index contributed by atoms with van der Waals surface area (Å²) in [5, 5.41) is 0. The van der Waals surface area contributed by atoms with Gasteiger partial charge in [0.25, 0.3) is 5.91 Å². The molecule has 1 rings (SSSR count). The number of hydrogen-bond donors (Lipinski definition) is 0. The third kappa shape index (κ3) is 3.69. The van der Waals surface area contributed by atoms with Crippen molar-refractivity contribution < 1.29 is 9.59 Å². The minimum atomic E-state index is -0.465. The Hall–Kier alpha value is -1.64. The Kier molecular flexibility index (Phi) is 5.08. The van der Waals surface area contributed by atoms with Gasteiger partial charge in [-0.3, -0.25) is 9.59 Å².